The van der Waals surface area contributed by atoms with Crippen molar-refractivity contribution in [2.24, 2.45) is 5.92 Å². The molecule has 1 aliphatic carbocycles. The van der Waals surface area contributed by atoms with E-state index in [0.717, 1.165) is 16.9 Å². The van der Waals surface area contributed by atoms with E-state index in [1.807, 2.05) is 12.1 Å². The van der Waals surface area contributed by atoms with Crippen LogP contribution in [-0.2, 0) is 16.0 Å². The molecular formula is C18H14N2O5. The Kier molecular flexibility index (Phi) is 2.83. The van der Waals surface area contributed by atoms with Gasteiger partial charge in [0.25, 0.3) is 0 Å². The molecule has 3 heterocycles. The Balaban J connectivity index is 1.44. The number of hydrogen-bond donors (Lipinski definition) is 2. The first kappa shape index (κ1) is 14.3. The maximum atomic E-state index is 11.5. The molecule has 126 valence electrons. The largest absolute Gasteiger partial charge is 0.489 e. The normalized spacial score (nSPS) is 25.1. The lowest BCUT2D eigenvalue weighted by molar-refractivity contribution is -0.139. The number of amides is 1. The number of hydrogen-bond acceptors (Lipinski definition) is 5. The highest BCUT2D eigenvalue weighted by Gasteiger charge is 2.63. The molecule has 2 N–H and O–H groups in total. The van der Waals surface area contributed by atoms with Gasteiger partial charge in [0.15, 0.2) is 0 Å². The van der Waals surface area contributed by atoms with Crippen molar-refractivity contribution in [2.75, 3.05) is 5.32 Å². The van der Waals surface area contributed by atoms with Crippen molar-refractivity contribution in [3.63, 3.8) is 0 Å². The van der Waals surface area contributed by atoms with E-state index in [9.17, 15) is 14.7 Å². The molecule has 2 aromatic rings. The van der Waals surface area contributed by atoms with E-state index in [0.29, 0.717) is 30.2 Å². The first-order chi connectivity index (χ1) is 12.1. The standard InChI is InChI=1S/C18H14N2O5/c21-13-4-2-9-12(5-6-19-17(9)20-13)24-8-1-3-11-10(7-8)14-15(18(22)23)16(14)25-11/h1,3,5-7,14-16H,2,4H2,(H,22,23)(H,19,20,21)/t14?,15-,16-/m0/s1. The maximum absolute atomic E-state index is 11.5. The van der Waals surface area contributed by atoms with Crippen LogP contribution in [0.1, 0.15) is 23.5 Å². The van der Waals surface area contributed by atoms with Crippen molar-refractivity contribution in [2.45, 2.75) is 24.9 Å². The van der Waals surface area contributed by atoms with Crippen molar-refractivity contribution in [3.05, 3.63) is 41.6 Å². The number of pyridine rings is 1. The number of aromatic nitrogens is 1. The summed E-state index contributed by atoms with van der Waals surface area (Å²) in [6.45, 7) is 0. The lowest BCUT2D eigenvalue weighted by Gasteiger charge is -2.19. The van der Waals surface area contributed by atoms with Gasteiger partial charge in [-0.25, -0.2) is 4.98 Å². The Hall–Kier alpha value is -3.09. The lowest BCUT2D eigenvalue weighted by atomic mass is 10.1. The smallest absolute Gasteiger partial charge is 0.311 e. The molecule has 5 rings (SSSR count). The minimum absolute atomic E-state index is 0.0497. The zero-order chi connectivity index (χ0) is 17.1. The number of carboxylic acids is 1. The zero-order valence-electron chi connectivity index (χ0n) is 13.1. The molecule has 0 saturated heterocycles. The second-order valence-corrected chi connectivity index (χ2v) is 6.46. The topological polar surface area (TPSA) is 97.8 Å². The second-order valence-electron chi connectivity index (χ2n) is 6.46. The third-order valence-electron chi connectivity index (χ3n) is 4.94. The van der Waals surface area contributed by atoms with Crippen LogP contribution in [0.4, 0.5) is 5.82 Å². The van der Waals surface area contributed by atoms with Crippen LogP contribution in [0.2, 0.25) is 0 Å². The van der Waals surface area contributed by atoms with Gasteiger partial charge >= 0.3 is 5.97 Å². The third-order valence-corrected chi connectivity index (χ3v) is 4.94. The van der Waals surface area contributed by atoms with Gasteiger partial charge in [-0.3, -0.25) is 9.59 Å². The van der Waals surface area contributed by atoms with Crippen LogP contribution >= 0.6 is 0 Å². The fraction of sp³-hybridized carbons (Fsp3) is 0.278. The molecule has 1 saturated carbocycles. The first-order valence-corrected chi connectivity index (χ1v) is 8.11. The van der Waals surface area contributed by atoms with E-state index in [1.54, 1.807) is 18.3 Å². The molecule has 2 aliphatic heterocycles. The van der Waals surface area contributed by atoms with Gasteiger partial charge < -0.3 is 19.9 Å². The molecule has 7 nitrogen and oxygen atoms in total. The lowest BCUT2D eigenvalue weighted by Crippen LogP contribution is -2.20. The van der Waals surface area contributed by atoms with Crippen LogP contribution in [0.15, 0.2) is 30.5 Å². The number of carboxylic acid groups (broad SMARTS) is 1. The van der Waals surface area contributed by atoms with Crippen molar-refractivity contribution in [3.8, 4) is 17.2 Å². The van der Waals surface area contributed by atoms with Gasteiger partial charge in [0.2, 0.25) is 5.91 Å². The highest BCUT2D eigenvalue weighted by Crippen LogP contribution is 2.59. The molecule has 1 aromatic carbocycles. The van der Waals surface area contributed by atoms with E-state index in [2.05, 4.69) is 10.3 Å². The summed E-state index contributed by atoms with van der Waals surface area (Å²) in [4.78, 5) is 26.9. The highest BCUT2D eigenvalue weighted by atomic mass is 16.5. The maximum Gasteiger partial charge on any atom is 0.311 e. The number of aliphatic carboxylic acids is 1. The summed E-state index contributed by atoms with van der Waals surface area (Å²) in [5, 5.41) is 11.9. The summed E-state index contributed by atoms with van der Waals surface area (Å²) in [7, 11) is 0. The molecule has 1 amide bonds. The minimum atomic E-state index is -0.828. The number of nitrogens with one attached hydrogen (secondary N) is 1. The molecule has 0 spiro atoms. The molecule has 1 fully saturated rings. The number of nitrogens with zero attached hydrogens (tertiary/aromatic N) is 1. The minimum Gasteiger partial charge on any atom is -0.489 e. The van der Waals surface area contributed by atoms with Gasteiger partial charge in [-0.15, -0.1) is 0 Å². The Morgan fingerprint density at radius 1 is 1.32 bits per heavy atom. The quantitative estimate of drug-likeness (QED) is 0.891. The van der Waals surface area contributed by atoms with E-state index in [1.165, 1.54) is 0 Å². The molecule has 1 unspecified atom stereocenters. The summed E-state index contributed by atoms with van der Waals surface area (Å²) in [5.41, 5.74) is 1.75. The predicted molar refractivity (Wildman–Crippen MR) is 86.0 cm³/mol. The SMILES string of the molecule is O=C1CCc2c(Oc3ccc4c(c3)C3[C@H](O4)[C@H]3C(=O)O)ccnc2N1. The van der Waals surface area contributed by atoms with Gasteiger partial charge in [0, 0.05) is 29.7 Å². The summed E-state index contributed by atoms with van der Waals surface area (Å²) in [5.74, 6) is 1.08. The molecule has 3 aliphatic rings. The zero-order valence-corrected chi connectivity index (χ0v) is 13.1. The molecule has 3 atom stereocenters. The van der Waals surface area contributed by atoms with Gasteiger partial charge in [-0.05, 0) is 30.7 Å². The summed E-state index contributed by atoms with van der Waals surface area (Å²) in [6, 6.07) is 7.22. The van der Waals surface area contributed by atoms with Crippen molar-refractivity contribution in [1.29, 1.82) is 0 Å². The third kappa shape index (κ3) is 2.15. The Morgan fingerprint density at radius 2 is 2.20 bits per heavy atom. The molecule has 0 bridgehead atoms. The van der Waals surface area contributed by atoms with Crippen molar-refractivity contribution in [1.82, 2.24) is 4.98 Å². The molecule has 0 radical (unpaired) electrons. The molecule has 7 heteroatoms. The van der Waals surface area contributed by atoms with Gasteiger partial charge in [0.1, 0.15) is 35.1 Å². The fourth-order valence-corrected chi connectivity index (χ4v) is 3.68. The fourth-order valence-electron chi connectivity index (χ4n) is 3.68. The number of rotatable bonds is 3. The van der Waals surface area contributed by atoms with Crippen LogP contribution < -0.4 is 14.8 Å². The van der Waals surface area contributed by atoms with Gasteiger partial charge in [0.05, 0.1) is 0 Å². The number of fused-ring (bicyclic) bond motifs is 4. The van der Waals surface area contributed by atoms with Crippen LogP contribution in [-0.4, -0.2) is 28.1 Å². The molecule has 25 heavy (non-hydrogen) atoms. The monoisotopic (exact) mass is 338 g/mol. The van der Waals surface area contributed by atoms with E-state index >= 15 is 0 Å². The Labute approximate surface area is 142 Å². The molecular weight excluding hydrogens is 324 g/mol. The number of benzene rings is 1. The van der Waals surface area contributed by atoms with Crippen LogP contribution in [0.5, 0.6) is 17.2 Å². The number of carbonyl (C=O) groups is 2. The van der Waals surface area contributed by atoms with E-state index in [-0.39, 0.29) is 17.9 Å². The second kappa shape index (κ2) is 4.95. The number of anilines is 1. The van der Waals surface area contributed by atoms with E-state index in [4.69, 9.17) is 9.47 Å². The number of ether oxygens (including phenoxy) is 2. The summed E-state index contributed by atoms with van der Waals surface area (Å²) in [6.07, 6.45) is 2.31. The van der Waals surface area contributed by atoms with Crippen LogP contribution in [0.25, 0.3) is 0 Å². The molecule has 1 aromatic heterocycles. The average molecular weight is 338 g/mol. The van der Waals surface area contributed by atoms with Crippen molar-refractivity contribution >= 4 is 17.7 Å². The summed E-state index contributed by atoms with van der Waals surface area (Å²) >= 11 is 0. The van der Waals surface area contributed by atoms with Gasteiger partial charge in [-0.2, -0.15) is 0 Å². The first-order valence-electron chi connectivity index (χ1n) is 8.11. The van der Waals surface area contributed by atoms with Crippen LogP contribution in [0.3, 0.4) is 0 Å². The Morgan fingerprint density at radius 3 is 3.04 bits per heavy atom. The number of carbonyl (C=O) groups excluding carboxylic acids is 1. The van der Waals surface area contributed by atoms with Crippen LogP contribution in [0, 0.1) is 5.92 Å². The Bertz CT molecular complexity index is 926. The highest BCUT2D eigenvalue weighted by molar-refractivity contribution is 5.93. The van der Waals surface area contributed by atoms with E-state index < -0.39 is 11.9 Å². The summed E-state index contributed by atoms with van der Waals surface area (Å²) < 4.78 is 11.7. The predicted octanol–water partition coefficient (Wildman–Crippen LogP) is 2.32. The average Bonchev–Trinajstić information content (AvgIpc) is 3.19. The van der Waals surface area contributed by atoms with Gasteiger partial charge in [-0.1, -0.05) is 0 Å². The van der Waals surface area contributed by atoms with Crippen molar-refractivity contribution < 1.29 is 24.2 Å².